The zero-order valence-electron chi connectivity index (χ0n) is 16.6. The molecule has 2 aromatic carbocycles. The van der Waals surface area contributed by atoms with Crippen LogP contribution in [0.4, 0.5) is 0 Å². The van der Waals surface area contributed by atoms with Crippen molar-refractivity contribution in [3.8, 4) is 0 Å². The van der Waals surface area contributed by atoms with Gasteiger partial charge in [-0.1, -0.05) is 30.3 Å². The van der Waals surface area contributed by atoms with Crippen LogP contribution >= 0.6 is 0 Å². The van der Waals surface area contributed by atoms with Crippen LogP contribution in [0.15, 0.2) is 30.3 Å². The zero-order valence-corrected chi connectivity index (χ0v) is 17.4. The maximum absolute atomic E-state index is 12.8. The Morgan fingerprint density at radius 2 is 1.67 bits per heavy atom. The number of carbonyl (C=O) groups is 1. The molecular weight excluding hydrogens is 356 g/mol. The Kier molecular flexibility index (Phi) is 5.57. The highest BCUT2D eigenvalue weighted by Gasteiger charge is 2.20. The Labute approximate surface area is 162 Å². The fourth-order valence-corrected chi connectivity index (χ4v) is 4.88. The third kappa shape index (κ3) is 4.16. The van der Waals surface area contributed by atoms with E-state index in [1.807, 2.05) is 0 Å². The molecule has 0 unspecified atom stereocenters. The molecule has 0 N–H and O–H groups in total. The highest BCUT2D eigenvalue weighted by molar-refractivity contribution is 7.91. The maximum atomic E-state index is 12.8. The van der Waals surface area contributed by atoms with Gasteiger partial charge in [-0.2, -0.15) is 0 Å². The van der Waals surface area contributed by atoms with Gasteiger partial charge in [0.2, 0.25) is 0 Å². The van der Waals surface area contributed by atoms with Crippen LogP contribution in [0.25, 0.3) is 0 Å². The van der Waals surface area contributed by atoms with Crippen molar-refractivity contribution < 1.29 is 13.2 Å². The minimum atomic E-state index is -3.13. The van der Waals surface area contributed by atoms with Crippen molar-refractivity contribution in [2.24, 2.45) is 0 Å². The summed E-state index contributed by atoms with van der Waals surface area (Å²) < 4.78 is 24.1. The van der Waals surface area contributed by atoms with Crippen LogP contribution in [0.5, 0.6) is 0 Å². The number of sulfone groups is 1. The first-order valence-electron chi connectivity index (χ1n) is 9.63. The molecule has 0 aliphatic heterocycles. The molecule has 0 spiro atoms. The standard InChI is InChI=1S/C23H28O3S/c1-15(2)27(25,26)14-18-8-10-19(11-9-18)23(24)13-20-12-16(3)21-6-5-7-22(21)17(20)4/h8-12,15H,5-7,13-14H2,1-4H3. The van der Waals surface area contributed by atoms with E-state index in [0.717, 1.165) is 24.0 Å². The Morgan fingerprint density at radius 1 is 1.04 bits per heavy atom. The van der Waals surface area contributed by atoms with Crippen molar-refractivity contribution in [3.05, 3.63) is 69.3 Å². The first kappa shape index (κ1) is 19.8. The topological polar surface area (TPSA) is 51.2 Å². The Hall–Kier alpha value is -1.94. The molecule has 0 radical (unpaired) electrons. The van der Waals surface area contributed by atoms with Crippen molar-refractivity contribution in [2.75, 3.05) is 0 Å². The third-order valence-electron chi connectivity index (χ3n) is 5.73. The predicted octanol–water partition coefficient (Wildman–Crippen LogP) is 4.54. The van der Waals surface area contributed by atoms with Gasteiger partial charge in [0.05, 0.1) is 11.0 Å². The quantitative estimate of drug-likeness (QED) is 0.687. The summed E-state index contributed by atoms with van der Waals surface area (Å²) in [6, 6.07) is 9.19. The number of aryl methyl sites for hydroxylation is 1. The molecular formula is C23H28O3S. The second-order valence-corrected chi connectivity index (χ2v) is 10.5. The Balaban J connectivity index is 1.77. The largest absolute Gasteiger partial charge is 0.294 e. The number of hydrogen-bond acceptors (Lipinski definition) is 3. The van der Waals surface area contributed by atoms with Crippen LogP contribution in [0.1, 0.15) is 64.0 Å². The van der Waals surface area contributed by atoms with Crippen molar-refractivity contribution in [2.45, 2.75) is 64.4 Å². The monoisotopic (exact) mass is 384 g/mol. The van der Waals surface area contributed by atoms with E-state index in [1.54, 1.807) is 38.1 Å². The summed E-state index contributed by atoms with van der Waals surface area (Å²) in [6.45, 7) is 7.65. The molecule has 0 aromatic heterocycles. The first-order chi connectivity index (χ1) is 12.7. The summed E-state index contributed by atoms with van der Waals surface area (Å²) in [5, 5.41) is -0.398. The normalized spacial score (nSPS) is 13.8. The summed E-state index contributed by atoms with van der Waals surface area (Å²) in [4.78, 5) is 12.8. The summed E-state index contributed by atoms with van der Waals surface area (Å²) in [5.74, 6) is 0.0936. The van der Waals surface area contributed by atoms with Gasteiger partial charge in [0, 0.05) is 12.0 Å². The zero-order chi connectivity index (χ0) is 19.8. The van der Waals surface area contributed by atoms with E-state index >= 15 is 0 Å². The number of fused-ring (bicyclic) bond motifs is 1. The molecule has 3 rings (SSSR count). The van der Waals surface area contributed by atoms with Crippen LogP contribution in [0.3, 0.4) is 0 Å². The molecule has 0 atom stereocenters. The summed E-state index contributed by atoms with van der Waals surface area (Å²) in [7, 11) is -3.13. The lowest BCUT2D eigenvalue weighted by Gasteiger charge is -2.14. The minimum Gasteiger partial charge on any atom is -0.294 e. The molecule has 144 valence electrons. The number of ketones is 1. The fourth-order valence-electron chi connectivity index (χ4n) is 3.89. The first-order valence-corrected chi connectivity index (χ1v) is 11.3. The molecule has 0 saturated heterocycles. The lowest BCUT2D eigenvalue weighted by atomic mass is 9.91. The van der Waals surface area contributed by atoms with Gasteiger partial charge in [-0.25, -0.2) is 8.42 Å². The smallest absolute Gasteiger partial charge is 0.167 e. The summed E-state index contributed by atoms with van der Waals surface area (Å²) in [6.07, 6.45) is 3.86. The molecule has 4 heteroatoms. The van der Waals surface area contributed by atoms with Crippen LogP contribution in [0, 0.1) is 13.8 Å². The van der Waals surface area contributed by atoms with E-state index in [9.17, 15) is 13.2 Å². The predicted molar refractivity (Wildman–Crippen MR) is 110 cm³/mol. The van der Waals surface area contributed by atoms with Gasteiger partial charge < -0.3 is 0 Å². The average Bonchev–Trinajstić information content (AvgIpc) is 3.10. The van der Waals surface area contributed by atoms with Gasteiger partial charge in [0.25, 0.3) is 0 Å². The molecule has 0 fully saturated rings. The molecule has 3 nitrogen and oxygen atoms in total. The highest BCUT2D eigenvalue weighted by Crippen LogP contribution is 2.31. The molecule has 0 amide bonds. The van der Waals surface area contributed by atoms with E-state index in [-0.39, 0.29) is 11.5 Å². The van der Waals surface area contributed by atoms with Crippen LogP contribution in [0.2, 0.25) is 0 Å². The summed E-state index contributed by atoms with van der Waals surface area (Å²) in [5.41, 5.74) is 7.95. The molecule has 1 aliphatic carbocycles. The van der Waals surface area contributed by atoms with Crippen molar-refractivity contribution >= 4 is 15.6 Å². The SMILES string of the molecule is Cc1cc(CC(=O)c2ccc(CS(=O)(=O)C(C)C)cc2)c(C)c2c1CCC2. The molecule has 0 heterocycles. The van der Waals surface area contributed by atoms with E-state index < -0.39 is 15.1 Å². The van der Waals surface area contributed by atoms with Gasteiger partial charge in [0.1, 0.15) is 0 Å². The van der Waals surface area contributed by atoms with Crippen molar-refractivity contribution in [1.29, 1.82) is 0 Å². The minimum absolute atomic E-state index is 0.0161. The number of benzene rings is 2. The van der Waals surface area contributed by atoms with Crippen molar-refractivity contribution in [1.82, 2.24) is 0 Å². The second kappa shape index (κ2) is 7.59. The molecule has 27 heavy (non-hydrogen) atoms. The number of hydrogen-bond donors (Lipinski definition) is 0. The van der Waals surface area contributed by atoms with Crippen LogP contribution < -0.4 is 0 Å². The summed E-state index contributed by atoms with van der Waals surface area (Å²) >= 11 is 0. The van der Waals surface area contributed by atoms with E-state index in [1.165, 1.54) is 28.7 Å². The van der Waals surface area contributed by atoms with Gasteiger partial charge in [-0.05, 0) is 80.3 Å². The van der Waals surface area contributed by atoms with Gasteiger partial charge in [0.15, 0.2) is 15.6 Å². The number of Topliss-reactive ketones (excluding diaryl/α,β-unsaturated/α-hetero) is 1. The fraction of sp³-hybridized carbons (Fsp3) is 0.435. The molecule has 0 bridgehead atoms. The van der Waals surface area contributed by atoms with E-state index in [2.05, 4.69) is 19.9 Å². The lowest BCUT2D eigenvalue weighted by Crippen LogP contribution is -2.16. The average molecular weight is 385 g/mol. The lowest BCUT2D eigenvalue weighted by molar-refractivity contribution is 0.0992. The number of carbonyl (C=O) groups excluding carboxylic acids is 1. The molecule has 1 aliphatic rings. The Bertz CT molecular complexity index is 968. The van der Waals surface area contributed by atoms with Gasteiger partial charge >= 0.3 is 0 Å². The van der Waals surface area contributed by atoms with Crippen molar-refractivity contribution in [3.63, 3.8) is 0 Å². The van der Waals surface area contributed by atoms with Crippen LogP contribution in [-0.2, 0) is 34.9 Å². The third-order valence-corrected chi connectivity index (χ3v) is 7.90. The van der Waals surface area contributed by atoms with Crippen LogP contribution in [-0.4, -0.2) is 19.5 Å². The van der Waals surface area contributed by atoms with Gasteiger partial charge in [-0.3, -0.25) is 4.79 Å². The molecule has 0 saturated carbocycles. The molecule has 2 aromatic rings. The Morgan fingerprint density at radius 3 is 2.30 bits per heavy atom. The number of rotatable bonds is 6. The maximum Gasteiger partial charge on any atom is 0.167 e. The van der Waals surface area contributed by atoms with E-state index in [0.29, 0.717) is 12.0 Å². The van der Waals surface area contributed by atoms with Gasteiger partial charge in [-0.15, -0.1) is 0 Å². The van der Waals surface area contributed by atoms with E-state index in [4.69, 9.17) is 0 Å². The second-order valence-electron chi connectivity index (χ2n) is 7.94. The highest BCUT2D eigenvalue weighted by atomic mass is 32.2.